The number of halogens is 1. The number of hydrogen-bond acceptors (Lipinski definition) is 6. The Morgan fingerprint density at radius 2 is 1.87 bits per heavy atom. The van der Waals surface area contributed by atoms with Crippen molar-refractivity contribution < 1.29 is 9.50 Å². The minimum Gasteiger partial charge on any atom is -0.399 e. The lowest BCUT2D eigenvalue weighted by atomic mass is 9.56. The fourth-order valence-electron chi connectivity index (χ4n) is 5.16. The lowest BCUT2D eigenvalue weighted by Crippen LogP contribution is -2.51. The number of allylic oxidation sites excluding steroid dienone is 2. The van der Waals surface area contributed by atoms with Gasteiger partial charge in [0, 0.05) is 30.5 Å². The molecular weight excluding hydrogens is 381 g/mol. The van der Waals surface area contributed by atoms with E-state index < -0.39 is 17.2 Å². The molecule has 2 bridgehead atoms. The Bertz CT molecular complexity index is 1010. The Balaban J connectivity index is 0.000000806. The van der Waals surface area contributed by atoms with Crippen LogP contribution < -0.4 is 5.73 Å². The predicted octanol–water partition coefficient (Wildman–Crippen LogP) is 2.71. The summed E-state index contributed by atoms with van der Waals surface area (Å²) >= 11 is 0. The molecule has 154 valence electrons. The van der Waals surface area contributed by atoms with E-state index >= 15 is 0 Å². The topological polar surface area (TPSA) is 121 Å². The summed E-state index contributed by atoms with van der Waals surface area (Å²) in [4.78, 5) is 2.21. The van der Waals surface area contributed by atoms with E-state index in [1.54, 1.807) is 25.1 Å². The van der Waals surface area contributed by atoms with E-state index in [4.69, 9.17) is 10.8 Å². The maximum atomic E-state index is 14.8. The fraction of sp³-hybridized carbons (Fsp3) is 0.435. The molecule has 0 spiro atoms. The molecule has 7 heteroatoms. The summed E-state index contributed by atoms with van der Waals surface area (Å²) in [6.45, 7) is 1.93. The van der Waals surface area contributed by atoms with E-state index in [1.165, 1.54) is 6.07 Å². The number of aliphatic hydroxyl groups excluding tert-OH is 1. The minimum absolute atomic E-state index is 0.0251. The van der Waals surface area contributed by atoms with Crippen LogP contribution in [0.2, 0.25) is 0 Å². The Morgan fingerprint density at radius 3 is 2.43 bits per heavy atom. The summed E-state index contributed by atoms with van der Waals surface area (Å²) in [6.07, 6.45) is 3.81. The zero-order chi connectivity index (χ0) is 22.1. The lowest BCUT2D eigenvalue weighted by molar-refractivity contribution is 0.159. The van der Waals surface area contributed by atoms with Crippen LogP contribution in [0.5, 0.6) is 0 Å². The monoisotopic (exact) mass is 405 g/mol. The van der Waals surface area contributed by atoms with Gasteiger partial charge in [-0.15, -0.1) is 0 Å². The van der Waals surface area contributed by atoms with Crippen molar-refractivity contribution in [2.24, 2.45) is 17.1 Å². The van der Waals surface area contributed by atoms with Gasteiger partial charge in [0.2, 0.25) is 0 Å². The highest BCUT2D eigenvalue weighted by atomic mass is 19.1. The van der Waals surface area contributed by atoms with E-state index in [0.717, 1.165) is 18.4 Å². The second-order valence-electron chi connectivity index (χ2n) is 7.77. The first-order valence-electron chi connectivity index (χ1n) is 9.93. The number of nitriles is 3. The maximum absolute atomic E-state index is 14.8. The average Bonchev–Trinajstić information content (AvgIpc) is 2.97. The molecule has 1 aromatic carbocycles. The molecule has 0 saturated carbocycles. The van der Waals surface area contributed by atoms with Crippen LogP contribution in [0.25, 0.3) is 0 Å². The Hall–Kier alpha value is -3.18. The zero-order valence-electron chi connectivity index (χ0n) is 17.0. The summed E-state index contributed by atoms with van der Waals surface area (Å²) in [5.41, 5.74) is 5.68. The number of benzene rings is 1. The average molecular weight is 405 g/mol. The third kappa shape index (κ3) is 2.97. The van der Waals surface area contributed by atoms with Gasteiger partial charge in [-0.25, -0.2) is 4.39 Å². The molecule has 1 aliphatic carbocycles. The first kappa shape index (κ1) is 21.5. The summed E-state index contributed by atoms with van der Waals surface area (Å²) in [5.74, 6) is -1.58. The fourth-order valence-corrected chi connectivity index (χ4v) is 5.16. The summed E-state index contributed by atoms with van der Waals surface area (Å²) in [5, 5.41) is 37.4. The molecule has 1 fully saturated rings. The van der Waals surface area contributed by atoms with Crippen molar-refractivity contribution >= 4 is 0 Å². The maximum Gasteiger partial charge on any atom is 0.191 e. The third-order valence-corrected chi connectivity index (χ3v) is 6.46. The summed E-state index contributed by atoms with van der Waals surface area (Å²) in [7, 11) is 2.00. The van der Waals surface area contributed by atoms with Crippen molar-refractivity contribution in [2.75, 3.05) is 13.7 Å². The lowest BCUT2D eigenvalue weighted by Gasteiger charge is -2.48. The molecule has 4 atom stereocenters. The van der Waals surface area contributed by atoms with Crippen LogP contribution in [-0.4, -0.2) is 35.7 Å². The molecule has 3 N–H and O–H groups in total. The number of nitrogens with zero attached hydrogens (tertiary/aromatic N) is 4. The van der Waals surface area contributed by atoms with Crippen molar-refractivity contribution in [1.82, 2.24) is 4.90 Å². The number of likely N-dealkylation sites (N-methyl/N-ethyl adjacent to an activating group) is 1. The molecular formula is C23H24FN5O. The van der Waals surface area contributed by atoms with Crippen molar-refractivity contribution in [3.8, 4) is 18.2 Å². The van der Waals surface area contributed by atoms with Gasteiger partial charge in [0.15, 0.2) is 5.41 Å². The van der Waals surface area contributed by atoms with Crippen LogP contribution in [0.4, 0.5) is 4.39 Å². The van der Waals surface area contributed by atoms with Gasteiger partial charge >= 0.3 is 0 Å². The minimum atomic E-state index is -1.79. The van der Waals surface area contributed by atoms with Crippen LogP contribution in [0.3, 0.4) is 0 Å². The van der Waals surface area contributed by atoms with Gasteiger partial charge in [-0.05, 0) is 44.0 Å². The molecule has 6 nitrogen and oxygen atoms in total. The van der Waals surface area contributed by atoms with Gasteiger partial charge in [-0.3, -0.25) is 4.90 Å². The standard InChI is InChI=1S/C21H18FN5.C2H6O/c1-27-12-6-7-17(27)18-14(8-12)15(9-23)20(26)21(10-24,11-25)19(18)13-4-2-3-5-16(13)22;1-2-3/h2-5,8,12,17-19H,6-7,26H2,1H3;3H,2H2,1H3. The molecule has 2 aliphatic heterocycles. The van der Waals surface area contributed by atoms with Crippen molar-refractivity contribution in [3.05, 3.63) is 58.6 Å². The van der Waals surface area contributed by atoms with Crippen LogP contribution in [0, 0.1) is 51.1 Å². The van der Waals surface area contributed by atoms with Crippen LogP contribution in [-0.2, 0) is 0 Å². The highest BCUT2D eigenvalue weighted by molar-refractivity contribution is 5.60. The molecule has 1 saturated heterocycles. The number of fused-ring (bicyclic) bond motifs is 4. The molecule has 0 amide bonds. The molecule has 4 rings (SSSR count). The van der Waals surface area contributed by atoms with E-state index in [9.17, 15) is 20.2 Å². The number of rotatable bonds is 1. The quantitative estimate of drug-likeness (QED) is 0.741. The van der Waals surface area contributed by atoms with Crippen molar-refractivity contribution in [3.63, 3.8) is 0 Å². The van der Waals surface area contributed by atoms with Crippen LogP contribution in [0.1, 0.15) is 31.2 Å². The summed E-state index contributed by atoms with van der Waals surface area (Å²) in [6, 6.07) is 12.7. The van der Waals surface area contributed by atoms with E-state index in [2.05, 4.69) is 23.1 Å². The second kappa shape index (κ2) is 8.28. The van der Waals surface area contributed by atoms with Gasteiger partial charge in [-0.2, -0.15) is 15.8 Å². The zero-order valence-corrected chi connectivity index (χ0v) is 17.0. The van der Waals surface area contributed by atoms with Gasteiger partial charge in [0.1, 0.15) is 11.9 Å². The Morgan fingerprint density at radius 1 is 1.23 bits per heavy atom. The molecule has 0 radical (unpaired) electrons. The first-order valence-corrected chi connectivity index (χ1v) is 9.93. The van der Waals surface area contributed by atoms with Crippen LogP contribution in [0.15, 0.2) is 47.2 Å². The second-order valence-corrected chi connectivity index (χ2v) is 7.77. The number of nitrogens with two attached hydrogens (primary N) is 1. The Kier molecular flexibility index (Phi) is 5.94. The van der Waals surface area contributed by atoms with Gasteiger partial charge < -0.3 is 10.8 Å². The molecule has 2 heterocycles. The number of aliphatic hydroxyl groups is 1. The van der Waals surface area contributed by atoms with Gasteiger partial charge in [0.05, 0.1) is 23.4 Å². The summed E-state index contributed by atoms with van der Waals surface area (Å²) < 4.78 is 14.8. The largest absolute Gasteiger partial charge is 0.399 e. The van der Waals surface area contributed by atoms with Crippen LogP contribution >= 0.6 is 0 Å². The van der Waals surface area contributed by atoms with Crippen molar-refractivity contribution in [1.29, 1.82) is 15.8 Å². The third-order valence-electron chi connectivity index (χ3n) is 6.46. The van der Waals surface area contributed by atoms with E-state index in [0.29, 0.717) is 5.56 Å². The van der Waals surface area contributed by atoms with Gasteiger partial charge in [0.25, 0.3) is 0 Å². The smallest absolute Gasteiger partial charge is 0.191 e. The molecule has 3 aliphatic rings. The number of hydrogen-bond donors (Lipinski definition) is 2. The molecule has 4 unspecified atom stereocenters. The SMILES string of the molecule is CCO.CN1C2C=C3C(C#N)=C(N)C(C#N)(C#N)C(c4ccccc4F)C3C1CC2. The first-order chi connectivity index (χ1) is 14.4. The van der Waals surface area contributed by atoms with Gasteiger partial charge in [-0.1, -0.05) is 24.3 Å². The predicted molar refractivity (Wildman–Crippen MR) is 109 cm³/mol. The molecule has 30 heavy (non-hydrogen) atoms. The Labute approximate surface area is 175 Å². The highest BCUT2D eigenvalue weighted by Crippen LogP contribution is 2.58. The van der Waals surface area contributed by atoms with E-state index in [-0.39, 0.29) is 35.9 Å². The highest BCUT2D eigenvalue weighted by Gasteiger charge is 2.59. The molecule has 1 aromatic rings. The normalized spacial score (nSPS) is 28.8. The van der Waals surface area contributed by atoms with E-state index in [1.807, 2.05) is 13.1 Å². The molecule has 0 aromatic heterocycles. The van der Waals surface area contributed by atoms with Crippen molar-refractivity contribution in [2.45, 2.75) is 37.8 Å².